The van der Waals surface area contributed by atoms with Gasteiger partial charge in [-0.1, -0.05) is 6.07 Å². The average Bonchev–Trinajstić information content (AvgIpc) is 2.98. The van der Waals surface area contributed by atoms with Crippen molar-refractivity contribution in [3.05, 3.63) is 48.5 Å². The Morgan fingerprint density at radius 2 is 1.91 bits per heavy atom. The van der Waals surface area contributed by atoms with Crippen LogP contribution in [0.4, 0.5) is 5.69 Å². The standard InChI is InChI=1S/C16H16N2O3S/c1-17-12-4-3-5-14(10-12)22(19,20)16-9-11-8-13(21-2)6-7-15(11)18-16/h3-10,17-18H,1-2H3. The van der Waals surface area contributed by atoms with Crippen LogP contribution in [0, 0.1) is 0 Å². The molecule has 2 aromatic carbocycles. The summed E-state index contributed by atoms with van der Waals surface area (Å²) in [6.07, 6.45) is 0. The van der Waals surface area contributed by atoms with Crippen molar-refractivity contribution in [2.45, 2.75) is 9.92 Å². The lowest BCUT2D eigenvalue weighted by Crippen LogP contribution is -2.03. The number of ether oxygens (including phenoxy) is 1. The van der Waals surface area contributed by atoms with E-state index in [0.717, 1.165) is 16.6 Å². The predicted molar refractivity (Wildman–Crippen MR) is 86.3 cm³/mol. The van der Waals surface area contributed by atoms with Gasteiger partial charge < -0.3 is 15.0 Å². The first-order chi connectivity index (χ1) is 10.5. The second-order valence-corrected chi connectivity index (χ2v) is 6.79. The van der Waals surface area contributed by atoms with Crippen molar-refractivity contribution in [2.24, 2.45) is 0 Å². The summed E-state index contributed by atoms with van der Waals surface area (Å²) >= 11 is 0. The van der Waals surface area contributed by atoms with Crippen molar-refractivity contribution >= 4 is 26.4 Å². The van der Waals surface area contributed by atoms with E-state index in [9.17, 15) is 8.42 Å². The minimum absolute atomic E-state index is 0.170. The molecule has 0 aliphatic rings. The fraction of sp³-hybridized carbons (Fsp3) is 0.125. The molecular formula is C16H16N2O3S. The van der Waals surface area contributed by atoms with Gasteiger partial charge in [0.1, 0.15) is 10.8 Å². The molecule has 0 aliphatic carbocycles. The first kappa shape index (κ1) is 14.5. The molecule has 2 N–H and O–H groups in total. The van der Waals surface area contributed by atoms with Crippen LogP contribution in [0.15, 0.2) is 58.5 Å². The SMILES string of the molecule is CNc1cccc(S(=O)(=O)c2cc3cc(OC)ccc3[nH]2)c1. The summed E-state index contributed by atoms with van der Waals surface area (Å²) in [5.74, 6) is 0.688. The second-order valence-electron chi connectivity index (χ2n) is 4.87. The largest absolute Gasteiger partial charge is 0.497 e. The molecule has 0 atom stereocenters. The summed E-state index contributed by atoms with van der Waals surface area (Å²) in [5.41, 5.74) is 1.50. The highest BCUT2D eigenvalue weighted by molar-refractivity contribution is 7.91. The minimum atomic E-state index is -3.59. The number of rotatable bonds is 4. The molecule has 0 unspecified atom stereocenters. The Morgan fingerprint density at radius 1 is 1.09 bits per heavy atom. The quantitative estimate of drug-likeness (QED) is 0.776. The molecule has 6 heteroatoms. The Labute approximate surface area is 128 Å². The molecule has 0 aliphatic heterocycles. The monoisotopic (exact) mass is 316 g/mol. The summed E-state index contributed by atoms with van der Waals surface area (Å²) in [5, 5.41) is 3.91. The number of aromatic nitrogens is 1. The number of nitrogens with one attached hydrogen (secondary N) is 2. The van der Waals surface area contributed by atoms with Crippen molar-refractivity contribution < 1.29 is 13.2 Å². The molecule has 3 rings (SSSR count). The van der Waals surface area contributed by atoms with Gasteiger partial charge in [0.05, 0.1) is 12.0 Å². The van der Waals surface area contributed by atoms with Crippen LogP contribution >= 0.6 is 0 Å². The third-order valence-corrected chi connectivity index (χ3v) is 5.20. The molecule has 0 amide bonds. The molecule has 0 fully saturated rings. The number of aromatic amines is 1. The highest BCUT2D eigenvalue weighted by Gasteiger charge is 2.20. The zero-order valence-electron chi connectivity index (χ0n) is 12.3. The molecule has 0 radical (unpaired) electrons. The summed E-state index contributed by atoms with van der Waals surface area (Å²) in [6.45, 7) is 0. The van der Waals surface area contributed by atoms with E-state index < -0.39 is 9.84 Å². The molecular weight excluding hydrogens is 300 g/mol. The van der Waals surface area contributed by atoms with E-state index >= 15 is 0 Å². The third kappa shape index (κ3) is 2.42. The zero-order valence-corrected chi connectivity index (χ0v) is 13.1. The van der Waals surface area contributed by atoms with E-state index in [2.05, 4.69) is 10.3 Å². The van der Waals surface area contributed by atoms with E-state index in [-0.39, 0.29) is 9.92 Å². The smallest absolute Gasteiger partial charge is 0.221 e. The maximum Gasteiger partial charge on any atom is 0.221 e. The number of anilines is 1. The van der Waals surface area contributed by atoms with E-state index in [4.69, 9.17) is 4.74 Å². The number of hydrogen-bond acceptors (Lipinski definition) is 4. The molecule has 5 nitrogen and oxygen atoms in total. The number of fused-ring (bicyclic) bond motifs is 1. The van der Waals surface area contributed by atoms with Crippen molar-refractivity contribution in [1.82, 2.24) is 4.98 Å². The van der Waals surface area contributed by atoms with Gasteiger partial charge >= 0.3 is 0 Å². The lowest BCUT2D eigenvalue weighted by Gasteiger charge is -2.05. The first-order valence-electron chi connectivity index (χ1n) is 6.74. The topological polar surface area (TPSA) is 71.2 Å². The average molecular weight is 316 g/mol. The highest BCUT2D eigenvalue weighted by atomic mass is 32.2. The fourth-order valence-corrected chi connectivity index (χ4v) is 3.62. The van der Waals surface area contributed by atoms with Gasteiger partial charge in [-0.3, -0.25) is 0 Å². The fourth-order valence-electron chi connectivity index (χ4n) is 2.30. The van der Waals surface area contributed by atoms with Crippen LogP contribution in [-0.2, 0) is 9.84 Å². The van der Waals surface area contributed by atoms with Gasteiger partial charge in [-0.2, -0.15) is 0 Å². The van der Waals surface area contributed by atoms with Crippen LogP contribution in [0.2, 0.25) is 0 Å². The van der Waals surface area contributed by atoms with Gasteiger partial charge in [0.15, 0.2) is 0 Å². The molecule has 0 bridgehead atoms. The third-order valence-electron chi connectivity index (χ3n) is 3.53. The lowest BCUT2D eigenvalue weighted by molar-refractivity contribution is 0.415. The molecule has 1 aromatic heterocycles. The van der Waals surface area contributed by atoms with Crippen LogP contribution in [0.25, 0.3) is 10.9 Å². The zero-order chi connectivity index (χ0) is 15.7. The number of sulfone groups is 1. The van der Waals surface area contributed by atoms with Gasteiger partial charge in [-0.15, -0.1) is 0 Å². The number of methoxy groups -OCH3 is 1. The molecule has 114 valence electrons. The van der Waals surface area contributed by atoms with Gasteiger partial charge in [-0.25, -0.2) is 8.42 Å². The van der Waals surface area contributed by atoms with E-state index in [1.165, 1.54) is 0 Å². The molecule has 0 saturated heterocycles. The van der Waals surface area contributed by atoms with E-state index in [1.54, 1.807) is 56.6 Å². The molecule has 22 heavy (non-hydrogen) atoms. The Bertz CT molecular complexity index is 929. The lowest BCUT2D eigenvalue weighted by atomic mass is 10.2. The van der Waals surface area contributed by atoms with Crippen LogP contribution in [0.5, 0.6) is 5.75 Å². The van der Waals surface area contributed by atoms with E-state index in [0.29, 0.717) is 5.75 Å². The molecule has 0 saturated carbocycles. The van der Waals surface area contributed by atoms with Crippen molar-refractivity contribution in [3.8, 4) is 5.75 Å². The number of H-pyrrole nitrogens is 1. The molecule has 0 spiro atoms. The molecule has 1 heterocycles. The number of benzene rings is 2. The highest BCUT2D eigenvalue weighted by Crippen LogP contribution is 2.27. The van der Waals surface area contributed by atoms with Crippen molar-refractivity contribution in [3.63, 3.8) is 0 Å². The van der Waals surface area contributed by atoms with Crippen LogP contribution in [0.1, 0.15) is 0 Å². The molecule has 3 aromatic rings. The Hall–Kier alpha value is -2.47. The van der Waals surface area contributed by atoms with Crippen molar-refractivity contribution in [1.29, 1.82) is 0 Å². The van der Waals surface area contributed by atoms with Gasteiger partial charge in [-0.05, 0) is 42.5 Å². The van der Waals surface area contributed by atoms with Gasteiger partial charge in [0.25, 0.3) is 0 Å². The Morgan fingerprint density at radius 3 is 2.64 bits per heavy atom. The summed E-state index contributed by atoms with van der Waals surface area (Å²) in [4.78, 5) is 3.21. The van der Waals surface area contributed by atoms with Gasteiger partial charge in [0, 0.05) is 23.6 Å². The van der Waals surface area contributed by atoms with Crippen LogP contribution in [-0.4, -0.2) is 27.6 Å². The number of hydrogen-bond donors (Lipinski definition) is 2. The Balaban J connectivity index is 2.12. The van der Waals surface area contributed by atoms with Crippen LogP contribution < -0.4 is 10.1 Å². The summed E-state index contributed by atoms with van der Waals surface area (Å²) < 4.78 is 30.6. The maximum atomic E-state index is 12.7. The second kappa shape index (κ2) is 5.38. The predicted octanol–water partition coefficient (Wildman–Crippen LogP) is 3.05. The van der Waals surface area contributed by atoms with E-state index in [1.807, 2.05) is 6.07 Å². The van der Waals surface area contributed by atoms with Gasteiger partial charge in [0.2, 0.25) is 9.84 Å². The van der Waals surface area contributed by atoms with Crippen molar-refractivity contribution in [2.75, 3.05) is 19.5 Å². The summed E-state index contributed by atoms with van der Waals surface area (Å²) in [6, 6.07) is 13.7. The first-order valence-corrected chi connectivity index (χ1v) is 8.22. The van der Waals surface area contributed by atoms with Crippen LogP contribution in [0.3, 0.4) is 0 Å². The summed E-state index contributed by atoms with van der Waals surface area (Å²) in [7, 11) is -0.260. The minimum Gasteiger partial charge on any atom is -0.497 e. The maximum absolute atomic E-state index is 12.7. The normalized spacial score (nSPS) is 11.5. The Kier molecular flexibility index (Phi) is 3.54.